The largest absolute Gasteiger partial charge is 0.467 e. The third-order valence-electron chi connectivity index (χ3n) is 4.42. The first kappa shape index (κ1) is 21.3. The Morgan fingerprint density at radius 2 is 1.48 bits per heavy atom. The molecule has 0 aliphatic rings. The Labute approximate surface area is 186 Å². The average molecular weight is 517 g/mol. The molecule has 0 bridgehead atoms. The van der Waals surface area contributed by atoms with Gasteiger partial charge in [0.15, 0.2) is 0 Å². The molecule has 3 aromatic rings. The van der Waals surface area contributed by atoms with Gasteiger partial charge in [-0.3, -0.25) is 4.79 Å². The Hall–Kier alpha value is -2.44. The third kappa shape index (κ3) is 5.78. The molecule has 0 unspecified atom stereocenters. The standard InChI is InChI=1S/C23H19Br2NO3/c1-29-23(28)21(26-22(27)18-12-19(24)14-20(25)13-18)11-15-7-9-17(10-8-15)16-5-3-2-4-6-16/h2-10,12-14,21H,11H2,1H3,(H,26,27)/t21-/m1/s1. The second-order valence-electron chi connectivity index (χ2n) is 6.47. The van der Waals surface area contributed by atoms with Gasteiger partial charge >= 0.3 is 5.97 Å². The van der Waals surface area contributed by atoms with E-state index < -0.39 is 12.0 Å². The van der Waals surface area contributed by atoms with Crippen molar-refractivity contribution in [1.29, 1.82) is 0 Å². The zero-order valence-corrected chi connectivity index (χ0v) is 18.9. The lowest BCUT2D eigenvalue weighted by atomic mass is 10.0. The molecule has 0 aromatic heterocycles. The SMILES string of the molecule is COC(=O)[C@@H](Cc1ccc(-c2ccccc2)cc1)NC(=O)c1cc(Br)cc(Br)c1. The van der Waals surface area contributed by atoms with E-state index in [1.54, 1.807) is 12.1 Å². The molecule has 3 rings (SSSR count). The number of nitrogens with one attached hydrogen (secondary N) is 1. The monoisotopic (exact) mass is 515 g/mol. The predicted octanol–water partition coefficient (Wildman–Crippen LogP) is 5.39. The summed E-state index contributed by atoms with van der Waals surface area (Å²) < 4.78 is 6.42. The first-order valence-corrected chi connectivity index (χ1v) is 10.5. The molecule has 1 amide bonds. The number of amides is 1. The van der Waals surface area contributed by atoms with E-state index in [0.29, 0.717) is 12.0 Å². The summed E-state index contributed by atoms with van der Waals surface area (Å²) in [6.45, 7) is 0. The van der Waals surface area contributed by atoms with Crippen LogP contribution in [0.4, 0.5) is 0 Å². The zero-order valence-electron chi connectivity index (χ0n) is 15.7. The van der Waals surface area contributed by atoms with Crippen LogP contribution in [-0.2, 0) is 16.0 Å². The molecular weight excluding hydrogens is 498 g/mol. The summed E-state index contributed by atoms with van der Waals surface area (Å²) in [6, 6.07) is 22.4. The van der Waals surface area contributed by atoms with Crippen molar-refractivity contribution >= 4 is 43.7 Å². The normalized spacial score (nSPS) is 11.6. The van der Waals surface area contributed by atoms with Gasteiger partial charge in [0.1, 0.15) is 6.04 Å². The molecule has 1 atom stereocenters. The molecule has 0 radical (unpaired) electrons. The van der Waals surface area contributed by atoms with Gasteiger partial charge in [-0.15, -0.1) is 0 Å². The minimum absolute atomic E-state index is 0.336. The number of carbonyl (C=O) groups is 2. The van der Waals surface area contributed by atoms with Crippen LogP contribution in [-0.4, -0.2) is 25.0 Å². The fraction of sp³-hybridized carbons (Fsp3) is 0.130. The van der Waals surface area contributed by atoms with Crippen LogP contribution in [0.1, 0.15) is 15.9 Å². The average Bonchev–Trinajstić information content (AvgIpc) is 2.73. The summed E-state index contributed by atoms with van der Waals surface area (Å²) in [4.78, 5) is 24.9. The number of benzene rings is 3. The molecule has 6 heteroatoms. The van der Waals surface area contributed by atoms with E-state index in [1.807, 2.05) is 60.7 Å². The lowest BCUT2D eigenvalue weighted by Crippen LogP contribution is -2.43. The van der Waals surface area contributed by atoms with Crippen LogP contribution in [0.3, 0.4) is 0 Å². The maximum absolute atomic E-state index is 12.6. The predicted molar refractivity (Wildman–Crippen MR) is 121 cm³/mol. The number of rotatable bonds is 6. The van der Waals surface area contributed by atoms with Crippen LogP contribution in [0.15, 0.2) is 81.7 Å². The van der Waals surface area contributed by atoms with E-state index in [4.69, 9.17) is 4.74 Å². The molecule has 0 aliphatic heterocycles. The fourth-order valence-electron chi connectivity index (χ4n) is 2.96. The number of methoxy groups -OCH3 is 1. The van der Waals surface area contributed by atoms with E-state index in [9.17, 15) is 9.59 Å². The fourth-order valence-corrected chi connectivity index (χ4v) is 4.26. The van der Waals surface area contributed by atoms with E-state index in [2.05, 4.69) is 37.2 Å². The lowest BCUT2D eigenvalue weighted by molar-refractivity contribution is -0.142. The maximum Gasteiger partial charge on any atom is 0.328 e. The summed E-state index contributed by atoms with van der Waals surface area (Å²) in [5.74, 6) is -0.831. The van der Waals surface area contributed by atoms with Gasteiger partial charge in [-0.1, -0.05) is 86.5 Å². The quantitative estimate of drug-likeness (QED) is 0.447. The first-order chi connectivity index (χ1) is 14.0. The van der Waals surface area contributed by atoms with Crippen molar-refractivity contribution in [2.75, 3.05) is 7.11 Å². The number of carbonyl (C=O) groups excluding carboxylic acids is 2. The highest BCUT2D eigenvalue weighted by Crippen LogP contribution is 2.21. The molecule has 148 valence electrons. The second-order valence-corrected chi connectivity index (χ2v) is 8.31. The highest BCUT2D eigenvalue weighted by molar-refractivity contribution is 9.11. The van der Waals surface area contributed by atoms with Gasteiger partial charge in [-0.25, -0.2) is 4.79 Å². The number of esters is 1. The van der Waals surface area contributed by atoms with Crippen LogP contribution in [0, 0.1) is 0 Å². The van der Waals surface area contributed by atoms with Crippen molar-refractivity contribution in [1.82, 2.24) is 5.32 Å². The van der Waals surface area contributed by atoms with Crippen molar-refractivity contribution in [2.45, 2.75) is 12.5 Å². The summed E-state index contributed by atoms with van der Waals surface area (Å²) in [5.41, 5.74) is 3.58. The summed E-state index contributed by atoms with van der Waals surface area (Å²) in [6.07, 6.45) is 0.336. The molecule has 0 saturated heterocycles. The van der Waals surface area contributed by atoms with Crippen molar-refractivity contribution in [3.8, 4) is 11.1 Å². The molecular formula is C23H19Br2NO3. The number of ether oxygens (including phenoxy) is 1. The van der Waals surface area contributed by atoms with Crippen molar-refractivity contribution < 1.29 is 14.3 Å². The molecule has 1 N–H and O–H groups in total. The van der Waals surface area contributed by atoms with Crippen LogP contribution in [0.5, 0.6) is 0 Å². The van der Waals surface area contributed by atoms with Gasteiger partial charge in [-0.2, -0.15) is 0 Å². The Kier molecular flexibility index (Phi) is 7.23. The number of hydrogen-bond donors (Lipinski definition) is 1. The van der Waals surface area contributed by atoms with Gasteiger partial charge in [0, 0.05) is 20.9 Å². The molecule has 0 fully saturated rings. The second kappa shape index (κ2) is 9.85. The highest BCUT2D eigenvalue weighted by atomic mass is 79.9. The maximum atomic E-state index is 12.6. The molecule has 0 aliphatic carbocycles. The van der Waals surface area contributed by atoms with E-state index in [0.717, 1.165) is 25.6 Å². The Bertz CT molecular complexity index is 984. The third-order valence-corrected chi connectivity index (χ3v) is 5.33. The van der Waals surface area contributed by atoms with Crippen LogP contribution in [0.2, 0.25) is 0 Å². The Morgan fingerprint density at radius 1 is 0.897 bits per heavy atom. The van der Waals surface area contributed by atoms with Gasteiger partial charge in [0.05, 0.1) is 7.11 Å². The first-order valence-electron chi connectivity index (χ1n) is 8.95. The van der Waals surface area contributed by atoms with Crippen molar-refractivity contribution in [2.24, 2.45) is 0 Å². The van der Waals surface area contributed by atoms with Gasteiger partial charge < -0.3 is 10.1 Å². The summed E-state index contributed by atoms with van der Waals surface area (Å²) in [7, 11) is 1.32. The van der Waals surface area contributed by atoms with Crippen LogP contribution < -0.4 is 5.32 Å². The van der Waals surface area contributed by atoms with Gasteiger partial charge in [-0.05, 0) is 34.9 Å². The zero-order chi connectivity index (χ0) is 20.8. The molecule has 29 heavy (non-hydrogen) atoms. The molecule has 3 aromatic carbocycles. The van der Waals surface area contributed by atoms with Gasteiger partial charge in [0.25, 0.3) is 5.91 Å². The highest BCUT2D eigenvalue weighted by Gasteiger charge is 2.23. The van der Waals surface area contributed by atoms with E-state index in [1.165, 1.54) is 7.11 Å². The van der Waals surface area contributed by atoms with Crippen LogP contribution in [0.25, 0.3) is 11.1 Å². The number of halogens is 2. The molecule has 4 nitrogen and oxygen atoms in total. The molecule has 0 heterocycles. The van der Waals surface area contributed by atoms with Crippen LogP contribution >= 0.6 is 31.9 Å². The summed E-state index contributed by atoms with van der Waals surface area (Å²) in [5, 5.41) is 2.78. The topological polar surface area (TPSA) is 55.4 Å². The van der Waals surface area contributed by atoms with Crippen molar-refractivity contribution in [3.63, 3.8) is 0 Å². The molecule has 0 saturated carbocycles. The molecule has 0 spiro atoms. The van der Waals surface area contributed by atoms with Crippen molar-refractivity contribution in [3.05, 3.63) is 92.9 Å². The Morgan fingerprint density at radius 3 is 2.07 bits per heavy atom. The smallest absolute Gasteiger partial charge is 0.328 e. The summed E-state index contributed by atoms with van der Waals surface area (Å²) >= 11 is 6.74. The van der Waals surface area contributed by atoms with E-state index >= 15 is 0 Å². The Balaban J connectivity index is 1.75. The minimum Gasteiger partial charge on any atom is -0.467 e. The number of hydrogen-bond acceptors (Lipinski definition) is 3. The van der Waals surface area contributed by atoms with Gasteiger partial charge in [0.2, 0.25) is 0 Å². The van der Waals surface area contributed by atoms with E-state index in [-0.39, 0.29) is 5.91 Å². The minimum atomic E-state index is -0.784. The lowest BCUT2D eigenvalue weighted by Gasteiger charge is -2.17.